The van der Waals surface area contributed by atoms with E-state index in [0.717, 1.165) is 5.56 Å². The van der Waals surface area contributed by atoms with Crippen LogP contribution in [0.25, 0.3) is 0 Å². The maximum atomic E-state index is 11.2. The minimum absolute atomic E-state index is 0.266. The van der Waals surface area contributed by atoms with E-state index >= 15 is 0 Å². The van der Waals surface area contributed by atoms with Crippen LogP contribution in [-0.4, -0.2) is 37.6 Å². The number of carbonyl (C=O) groups is 2. The SMILES string of the molecule is Cc1ccc(CC(C(=O)O)C(C(=O)O)P(=O)(O)O)cc1. The molecule has 0 aromatic heterocycles. The van der Waals surface area contributed by atoms with Crippen LogP contribution in [-0.2, 0) is 20.6 Å². The molecular weight excluding hydrogens is 287 g/mol. The van der Waals surface area contributed by atoms with Gasteiger partial charge in [0.25, 0.3) is 0 Å². The predicted molar refractivity (Wildman–Crippen MR) is 69.5 cm³/mol. The standard InChI is InChI=1S/C12H15O7P/c1-7-2-4-8(5-3-7)6-9(11(13)14)10(12(15)16)20(17,18)19/h2-5,9-10H,6H2,1H3,(H,13,14)(H,15,16)(H2,17,18,19). The lowest BCUT2D eigenvalue weighted by molar-refractivity contribution is -0.148. The molecule has 1 aromatic rings. The van der Waals surface area contributed by atoms with Gasteiger partial charge in [0.05, 0.1) is 5.92 Å². The van der Waals surface area contributed by atoms with Crippen LogP contribution >= 0.6 is 7.60 Å². The minimum atomic E-state index is -5.07. The van der Waals surface area contributed by atoms with Crippen LogP contribution in [0.5, 0.6) is 0 Å². The van der Waals surface area contributed by atoms with Gasteiger partial charge in [-0.15, -0.1) is 0 Å². The van der Waals surface area contributed by atoms with Crippen molar-refractivity contribution in [2.45, 2.75) is 19.0 Å². The number of aryl methyl sites for hydroxylation is 1. The van der Waals surface area contributed by atoms with E-state index in [1.54, 1.807) is 24.3 Å². The molecule has 1 rings (SSSR count). The summed E-state index contributed by atoms with van der Waals surface area (Å²) in [6.45, 7) is 1.83. The van der Waals surface area contributed by atoms with Crippen molar-refractivity contribution in [3.63, 3.8) is 0 Å². The van der Waals surface area contributed by atoms with E-state index in [9.17, 15) is 14.2 Å². The summed E-state index contributed by atoms with van der Waals surface area (Å²) in [5.74, 6) is -5.07. The average molecular weight is 302 g/mol. The Morgan fingerprint density at radius 2 is 1.60 bits per heavy atom. The van der Waals surface area contributed by atoms with Gasteiger partial charge in [-0.2, -0.15) is 0 Å². The molecular formula is C12H15O7P. The van der Waals surface area contributed by atoms with Crippen LogP contribution in [0.15, 0.2) is 24.3 Å². The van der Waals surface area contributed by atoms with Crippen molar-refractivity contribution in [1.82, 2.24) is 0 Å². The van der Waals surface area contributed by atoms with Crippen molar-refractivity contribution in [2.75, 3.05) is 0 Å². The van der Waals surface area contributed by atoms with E-state index in [1.807, 2.05) is 6.92 Å². The summed E-state index contributed by atoms with van der Waals surface area (Å²) < 4.78 is 11.2. The van der Waals surface area contributed by atoms with Crippen molar-refractivity contribution in [3.05, 3.63) is 35.4 Å². The molecule has 0 saturated heterocycles. The first-order valence-corrected chi connectivity index (χ1v) is 7.37. The molecule has 2 atom stereocenters. The van der Waals surface area contributed by atoms with Crippen molar-refractivity contribution < 1.29 is 34.2 Å². The summed E-state index contributed by atoms with van der Waals surface area (Å²) in [6, 6.07) is 6.62. The van der Waals surface area contributed by atoms with Gasteiger partial charge in [0.1, 0.15) is 0 Å². The molecule has 4 N–H and O–H groups in total. The van der Waals surface area contributed by atoms with Gasteiger partial charge in [-0.25, -0.2) is 0 Å². The Morgan fingerprint density at radius 3 is 1.95 bits per heavy atom. The molecule has 0 bridgehead atoms. The van der Waals surface area contributed by atoms with Gasteiger partial charge < -0.3 is 20.0 Å². The minimum Gasteiger partial charge on any atom is -0.481 e. The summed E-state index contributed by atoms with van der Waals surface area (Å²) >= 11 is 0. The molecule has 0 amide bonds. The van der Waals surface area contributed by atoms with Crippen molar-refractivity contribution in [2.24, 2.45) is 5.92 Å². The molecule has 0 aliphatic carbocycles. The first kappa shape index (κ1) is 16.4. The second kappa shape index (κ2) is 6.17. The fourth-order valence-electron chi connectivity index (χ4n) is 1.86. The Kier molecular flexibility index (Phi) is 5.05. The van der Waals surface area contributed by atoms with Crippen LogP contribution in [0.4, 0.5) is 0 Å². The Bertz CT molecular complexity index is 545. The Balaban J connectivity index is 3.10. The maximum absolute atomic E-state index is 11.2. The van der Waals surface area contributed by atoms with Crippen molar-refractivity contribution in [1.29, 1.82) is 0 Å². The second-order valence-electron chi connectivity index (χ2n) is 4.51. The van der Waals surface area contributed by atoms with Crippen LogP contribution in [0.2, 0.25) is 0 Å². The third-order valence-electron chi connectivity index (χ3n) is 2.89. The number of carboxylic acids is 2. The quantitative estimate of drug-likeness (QED) is 0.573. The molecule has 0 spiro atoms. The maximum Gasteiger partial charge on any atom is 0.340 e. The number of rotatable bonds is 6. The van der Waals surface area contributed by atoms with Crippen LogP contribution in [0, 0.1) is 12.8 Å². The smallest absolute Gasteiger partial charge is 0.340 e. The highest BCUT2D eigenvalue weighted by Crippen LogP contribution is 2.46. The zero-order valence-electron chi connectivity index (χ0n) is 10.6. The Hall–Kier alpha value is -1.69. The molecule has 0 aliphatic heterocycles. The van der Waals surface area contributed by atoms with Gasteiger partial charge in [-0.3, -0.25) is 14.2 Å². The lowest BCUT2D eigenvalue weighted by Gasteiger charge is -2.21. The number of carboxylic acid groups (broad SMARTS) is 2. The second-order valence-corrected chi connectivity index (χ2v) is 6.24. The van der Waals surface area contributed by atoms with Crippen LogP contribution in [0.3, 0.4) is 0 Å². The van der Waals surface area contributed by atoms with E-state index in [2.05, 4.69) is 0 Å². The highest BCUT2D eigenvalue weighted by Gasteiger charge is 2.45. The zero-order valence-corrected chi connectivity index (χ0v) is 11.5. The van der Waals surface area contributed by atoms with Gasteiger partial charge in [0, 0.05) is 0 Å². The molecule has 2 unspecified atom stereocenters. The predicted octanol–water partition coefficient (Wildman–Crippen LogP) is 0.869. The van der Waals surface area contributed by atoms with Gasteiger partial charge in [0.15, 0.2) is 5.66 Å². The number of hydrogen-bond donors (Lipinski definition) is 4. The summed E-state index contributed by atoms with van der Waals surface area (Å²) in [5.41, 5.74) is -0.825. The first-order valence-electron chi connectivity index (χ1n) is 5.69. The molecule has 7 nitrogen and oxygen atoms in total. The number of benzene rings is 1. The third-order valence-corrected chi connectivity index (χ3v) is 4.20. The summed E-state index contributed by atoms with van der Waals surface area (Å²) in [4.78, 5) is 40.2. The average Bonchev–Trinajstić information content (AvgIpc) is 2.28. The molecule has 1 aromatic carbocycles. The van der Waals surface area contributed by atoms with E-state index in [-0.39, 0.29) is 6.42 Å². The Labute approximate surface area is 115 Å². The molecule has 20 heavy (non-hydrogen) atoms. The number of aliphatic carboxylic acids is 2. The third kappa shape index (κ3) is 4.16. The van der Waals surface area contributed by atoms with Crippen molar-refractivity contribution in [3.8, 4) is 0 Å². The first-order chi connectivity index (χ1) is 9.12. The Morgan fingerprint density at radius 1 is 1.10 bits per heavy atom. The topological polar surface area (TPSA) is 132 Å². The highest BCUT2D eigenvalue weighted by atomic mass is 31.2. The molecule has 0 fully saturated rings. The molecule has 8 heteroatoms. The van der Waals surface area contributed by atoms with Gasteiger partial charge in [0.2, 0.25) is 0 Å². The lowest BCUT2D eigenvalue weighted by atomic mass is 9.95. The van der Waals surface area contributed by atoms with E-state index in [0.29, 0.717) is 5.56 Å². The molecule has 110 valence electrons. The molecule has 0 aliphatic rings. The van der Waals surface area contributed by atoms with Crippen molar-refractivity contribution >= 4 is 19.5 Å². The van der Waals surface area contributed by atoms with Gasteiger partial charge in [-0.05, 0) is 18.9 Å². The fraction of sp³-hybridized carbons (Fsp3) is 0.333. The summed E-state index contributed by atoms with van der Waals surface area (Å²) in [5, 5.41) is 18.0. The van der Waals surface area contributed by atoms with Crippen LogP contribution < -0.4 is 0 Å². The number of hydrogen-bond acceptors (Lipinski definition) is 3. The van der Waals surface area contributed by atoms with E-state index in [4.69, 9.17) is 20.0 Å². The van der Waals surface area contributed by atoms with Gasteiger partial charge in [-0.1, -0.05) is 29.8 Å². The fourth-order valence-corrected chi connectivity index (χ4v) is 2.85. The van der Waals surface area contributed by atoms with Gasteiger partial charge >= 0.3 is 19.5 Å². The molecule has 0 heterocycles. The monoisotopic (exact) mass is 302 g/mol. The summed E-state index contributed by atoms with van der Waals surface area (Å²) in [6.07, 6.45) is -0.266. The largest absolute Gasteiger partial charge is 0.481 e. The normalized spacial score (nSPS) is 14.6. The zero-order chi connectivity index (χ0) is 15.5. The summed E-state index contributed by atoms with van der Waals surface area (Å²) in [7, 11) is -5.07. The molecule has 0 saturated carbocycles. The van der Waals surface area contributed by atoms with Crippen LogP contribution in [0.1, 0.15) is 11.1 Å². The molecule has 0 radical (unpaired) electrons. The lowest BCUT2D eigenvalue weighted by Crippen LogP contribution is -2.36. The van der Waals surface area contributed by atoms with E-state index < -0.39 is 31.1 Å². The van der Waals surface area contributed by atoms with E-state index in [1.165, 1.54) is 0 Å². The highest BCUT2D eigenvalue weighted by molar-refractivity contribution is 7.53.